The smallest absolute Gasteiger partial charge is 0.302 e. The Kier molecular flexibility index (Phi) is 2.65. The van der Waals surface area contributed by atoms with Crippen molar-refractivity contribution in [3.05, 3.63) is 16.7 Å². The molecule has 2 aliphatic heterocycles. The molecule has 0 saturated carbocycles. The van der Waals surface area contributed by atoms with Crippen molar-refractivity contribution >= 4 is 17.1 Å². The minimum Gasteiger partial charge on any atom is -0.394 e. The fraction of sp³-hybridized carbons (Fsp3) is 0.545. The number of imidazole rings is 1. The molecule has 2 aromatic heterocycles. The summed E-state index contributed by atoms with van der Waals surface area (Å²) in [5.41, 5.74) is 4.99. The Hall–Kier alpha value is -2.04. The van der Waals surface area contributed by atoms with E-state index in [4.69, 9.17) is 15.6 Å². The molecule has 1 fully saturated rings. The summed E-state index contributed by atoms with van der Waals surface area (Å²) >= 11 is 0. The SMILES string of the molecule is C.Nc1nc(=O)c2ncn3c2n1C1(F)C(O)[C@@H](CO)O[C@@H]31. The van der Waals surface area contributed by atoms with Crippen molar-refractivity contribution in [2.45, 2.75) is 31.7 Å². The molecular formula is C11H14FN5O4. The van der Waals surface area contributed by atoms with E-state index in [1.807, 2.05) is 0 Å². The summed E-state index contributed by atoms with van der Waals surface area (Å²) in [5, 5.41) is 19.2. The quantitative estimate of drug-likeness (QED) is 0.596. The number of nitrogen functional groups attached to an aromatic ring is 1. The van der Waals surface area contributed by atoms with E-state index < -0.39 is 36.4 Å². The Morgan fingerprint density at radius 2 is 2.29 bits per heavy atom. The molecule has 10 heteroatoms. The number of aromatic nitrogens is 4. The predicted molar refractivity (Wildman–Crippen MR) is 69.0 cm³/mol. The van der Waals surface area contributed by atoms with Crippen LogP contribution in [0.25, 0.3) is 11.2 Å². The van der Waals surface area contributed by atoms with Crippen LogP contribution in [0.3, 0.4) is 0 Å². The first-order valence-corrected chi connectivity index (χ1v) is 5.89. The molecule has 2 aliphatic rings. The molecule has 2 unspecified atom stereocenters. The number of alkyl halides is 1. The van der Waals surface area contributed by atoms with Crippen LogP contribution in [0.1, 0.15) is 13.7 Å². The van der Waals surface area contributed by atoms with Crippen LogP contribution in [-0.4, -0.2) is 48.1 Å². The van der Waals surface area contributed by atoms with Gasteiger partial charge in [0.15, 0.2) is 17.4 Å². The molecular weight excluding hydrogens is 285 g/mol. The molecule has 0 spiro atoms. The van der Waals surface area contributed by atoms with Crippen molar-refractivity contribution in [3.63, 3.8) is 0 Å². The van der Waals surface area contributed by atoms with E-state index >= 15 is 4.39 Å². The van der Waals surface area contributed by atoms with Crippen molar-refractivity contribution in [2.24, 2.45) is 0 Å². The van der Waals surface area contributed by atoms with Gasteiger partial charge < -0.3 is 20.7 Å². The zero-order valence-corrected chi connectivity index (χ0v) is 9.97. The lowest BCUT2D eigenvalue weighted by molar-refractivity contribution is -0.0849. The zero-order chi connectivity index (χ0) is 14.2. The largest absolute Gasteiger partial charge is 0.394 e. The Morgan fingerprint density at radius 3 is 2.95 bits per heavy atom. The zero-order valence-electron chi connectivity index (χ0n) is 9.97. The highest BCUT2D eigenvalue weighted by molar-refractivity contribution is 5.74. The lowest BCUT2D eigenvalue weighted by Crippen LogP contribution is -2.44. The van der Waals surface area contributed by atoms with E-state index in [0.717, 1.165) is 4.57 Å². The number of halogens is 1. The summed E-state index contributed by atoms with van der Waals surface area (Å²) in [5.74, 6) is -2.81. The van der Waals surface area contributed by atoms with Gasteiger partial charge in [0.2, 0.25) is 5.95 Å². The summed E-state index contributed by atoms with van der Waals surface area (Å²) in [6, 6.07) is 0. The van der Waals surface area contributed by atoms with Gasteiger partial charge in [0.05, 0.1) is 12.9 Å². The van der Waals surface area contributed by atoms with Gasteiger partial charge in [-0.25, -0.2) is 9.37 Å². The van der Waals surface area contributed by atoms with Crippen LogP contribution in [0.15, 0.2) is 11.1 Å². The number of ether oxygens (including phenoxy) is 1. The second-order valence-corrected chi connectivity index (χ2v) is 4.82. The van der Waals surface area contributed by atoms with E-state index in [1.165, 1.54) is 10.9 Å². The van der Waals surface area contributed by atoms with E-state index in [9.17, 15) is 9.90 Å². The summed E-state index contributed by atoms with van der Waals surface area (Å²) in [4.78, 5) is 19.0. The number of hydrogen-bond donors (Lipinski definition) is 3. The Labute approximate surface area is 117 Å². The van der Waals surface area contributed by atoms with Crippen molar-refractivity contribution in [1.82, 2.24) is 19.1 Å². The van der Waals surface area contributed by atoms with Crippen LogP contribution in [0.5, 0.6) is 0 Å². The molecule has 0 amide bonds. The van der Waals surface area contributed by atoms with Gasteiger partial charge in [-0.3, -0.25) is 13.9 Å². The molecule has 4 rings (SSSR count). The van der Waals surface area contributed by atoms with Crippen molar-refractivity contribution in [1.29, 1.82) is 0 Å². The third kappa shape index (κ3) is 1.32. The van der Waals surface area contributed by atoms with Gasteiger partial charge in [0.1, 0.15) is 12.2 Å². The van der Waals surface area contributed by atoms with Crippen molar-refractivity contribution < 1.29 is 19.3 Å². The molecule has 0 bridgehead atoms. The first kappa shape index (κ1) is 13.9. The summed E-state index contributed by atoms with van der Waals surface area (Å²) in [7, 11) is 0. The van der Waals surface area contributed by atoms with Gasteiger partial charge >= 0.3 is 5.56 Å². The topological polar surface area (TPSA) is 128 Å². The van der Waals surface area contributed by atoms with E-state index in [2.05, 4.69) is 9.97 Å². The van der Waals surface area contributed by atoms with Gasteiger partial charge in [-0.1, -0.05) is 7.43 Å². The maximum atomic E-state index is 15.3. The molecule has 114 valence electrons. The molecule has 2 aromatic rings. The predicted octanol–water partition coefficient (Wildman–Crippen LogP) is -1.30. The Balaban J connectivity index is 0.00000132. The van der Waals surface area contributed by atoms with Crippen LogP contribution in [0.2, 0.25) is 0 Å². The highest BCUT2D eigenvalue weighted by atomic mass is 19.1. The number of nitrogens with zero attached hydrogens (tertiary/aromatic N) is 4. The number of nitrogens with two attached hydrogens (primary N) is 1. The number of hydrogen-bond acceptors (Lipinski definition) is 7. The van der Waals surface area contributed by atoms with Crippen LogP contribution in [-0.2, 0) is 10.5 Å². The fourth-order valence-electron chi connectivity index (χ4n) is 2.94. The molecule has 21 heavy (non-hydrogen) atoms. The van der Waals surface area contributed by atoms with Gasteiger partial charge in [-0.05, 0) is 0 Å². The third-order valence-corrected chi connectivity index (χ3v) is 3.82. The molecule has 1 saturated heterocycles. The highest BCUT2D eigenvalue weighted by Crippen LogP contribution is 2.51. The summed E-state index contributed by atoms with van der Waals surface area (Å²) in [6.07, 6.45) is -2.78. The highest BCUT2D eigenvalue weighted by Gasteiger charge is 2.64. The number of aliphatic hydroxyl groups excluding tert-OH is 2. The van der Waals surface area contributed by atoms with Gasteiger partial charge in [0, 0.05) is 0 Å². The first-order chi connectivity index (χ1) is 9.50. The second-order valence-electron chi connectivity index (χ2n) is 4.82. The number of fused-ring (bicyclic) bond motifs is 3. The molecule has 0 aromatic carbocycles. The average molecular weight is 299 g/mol. The number of aliphatic hydroxyl groups is 2. The lowest BCUT2D eigenvalue weighted by Gasteiger charge is -2.25. The Morgan fingerprint density at radius 1 is 1.57 bits per heavy atom. The fourth-order valence-corrected chi connectivity index (χ4v) is 2.94. The van der Waals surface area contributed by atoms with E-state index in [1.54, 1.807) is 0 Å². The maximum absolute atomic E-state index is 15.3. The summed E-state index contributed by atoms with van der Waals surface area (Å²) < 4.78 is 22.8. The second kappa shape index (κ2) is 4.00. The van der Waals surface area contributed by atoms with Crippen LogP contribution >= 0.6 is 0 Å². The Bertz CT molecular complexity index is 789. The molecule has 9 nitrogen and oxygen atoms in total. The molecule has 4 N–H and O–H groups in total. The standard InChI is InChI=1S/C10H10FN5O4.CH4/c11-10-5(18)3(1-17)20-8(10)15-2-13-4-6(19)14-9(12)16(10)7(4)15;/h2-3,5,8,17-18H,1H2,(H2,12,14,19);1H4/t3-,5?,8-,10?;/m1./s1. The molecule has 0 radical (unpaired) electrons. The minimum absolute atomic E-state index is 0. The third-order valence-electron chi connectivity index (χ3n) is 3.82. The van der Waals surface area contributed by atoms with E-state index in [-0.39, 0.29) is 24.5 Å². The van der Waals surface area contributed by atoms with Crippen LogP contribution in [0.4, 0.5) is 10.3 Å². The molecule has 4 atom stereocenters. The van der Waals surface area contributed by atoms with Gasteiger partial charge in [-0.15, -0.1) is 0 Å². The number of anilines is 1. The average Bonchev–Trinajstić information content (AvgIpc) is 2.99. The van der Waals surface area contributed by atoms with Crippen molar-refractivity contribution in [2.75, 3.05) is 12.3 Å². The monoisotopic (exact) mass is 299 g/mol. The van der Waals surface area contributed by atoms with Crippen LogP contribution < -0.4 is 11.3 Å². The van der Waals surface area contributed by atoms with Gasteiger partial charge in [-0.2, -0.15) is 4.98 Å². The summed E-state index contributed by atoms with van der Waals surface area (Å²) in [6.45, 7) is -0.552. The number of rotatable bonds is 1. The van der Waals surface area contributed by atoms with E-state index in [0.29, 0.717) is 0 Å². The van der Waals surface area contributed by atoms with Crippen LogP contribution in [0, 0.1) is 0 Å². The minimum atomic E-state index is -2.44. The maximum Gasteiger partial charge on any atom is 0.302 e. The van der Waals surface area contributed by atoms with Crippen molar-refractivity contribution in [3.8, 4) is 0 Å². The molecule has 0 aliphatic carbocycles. The lowest BCUT2D eigenvalue weighted by atomic mass is 10.1. The molecule has 4 heterocycles. The first-order valence-electron chi connectivity index (χ1n) is 5.89. The normalized spacial score (nSPS) is 33.2. The van der Waals surface area contributed by atoms with Gasteiger partial charge in [0.25, 0.3) is 5.79 Å².